The van der Waals surface area contributed by atoms with Crippen LogP contribution in [0.5, 0.6) is 0 Å². The lowest BCUT2D eigenvalue weighted by atomic mass is 10.00. The molecular weight excluding hydrogens is 266 g/mol. The molecule has 1 aromatic heterocycles. The predicted molar refractivity (Wildman–Crippen MR) is 80.1 cm³/mol. The second-order valence-electron chi connectivity index (χ2n) is 5.52. The van der Waals surface area contributed by atoms with E-state index in [4.69, 9.17) is 4.52 Å². The van der Waals surface area contributed by atoms with Crippen LogP contribution in [-0.4, -0.2) is 29.6 Å². The van der Waals surface area contributed by atoms with Crippen molar-refractivity contribution in [1.29, 1.82) is 0 Å². The Balaban J connectivity index is 1.77. The average molecular weight is 285 g/mol. The number of amides is 1. The molecule has 1 amide bonds. The number of nitrogens with one attached hydrogen (secondary N) is 1. The molecule has 3 rings (SSSR count). The minimum Gasteiger partial charge on any atom is -0.384 e. The van der Waals surface area contributed by atoms with Crippen LogP contribution in [0.2, 0.25) is 0 Å². The van der Waals surface area contributed by atoms with E-state index in [1.807, 2.05) is 45.2 Å². The number of anilines is 1. The third-order valence-corrected chi connectivity index (χ3v) is 4.08. The van der Waals surface area contributed by atoms with Crippen LogP contribution in [-0.2, 0) is 11.3 Å². The van der Waals surface area contributed by atoms with Gasteiger partial charge >= 0.3 is 0 Å². The van der Waals surface area contributed by atoms with Gasteiger partial charge in [0.1, 0.15) is 5.76 Å². The summed E-state index contributed by atoms with van der Waals surface area (Å²) in [5.41, 5.74) is 3.97. The maximum absolute atomic E-state index is 12.7. The Hall–Kier alpha value is -2.30. The van der Waals surface area contributed by atoms with Crippen molar-refractivity contribution in [1.82, 2.24) is 10.1 Å². The van der Waals surface area contributed by atoms with E-state index < -0.39 is 0 Å². The molecule has 2 heterocycles. The summed E-state index contributed by atoms with van der Waals surface area (Å²) < 4.78 is 5.16. The molecule has 1 aliphatic heterocycles. The van der Waals surface area contributed by atoms with Gasteiger partial charge in [0.25, 0.3) is 0 Å². The molecule has 0 saturated carbocycles. The minimum atomic E-state index is -0.119. The Kier molecular flexibility index (Phi) is 3.41. The van der Waals surface area contributed by atoms with Gasteiger partial charge in [0.15, 0.2) is 0 Å². The number of hydrogen-bond acceptors (Lipinski definition) is 4. The summed E-state index contributed by atoms with van der Waals surface area (Å²) in [5, 5.41) is 7.23. The van der Waals surface area contributed by atoms with Crippen LogP contribution in [0.15, 0.2) is 28.8 Å². The van der Waals surface area contributed by atoms with Crippen LogP contribution in [0, 0.1) is 13.8 Å². The molecule has 21 heavy (non-hydrogen) atoms. The lowest BCUT2D eigenvalue weighted by Gasteiger charge is -2.21. The number of carbonyl (C=O) groups excluding carboxylic acids is 1. The molecule has 0 radical (unpaired) electrons. The number of nitrogens with zero attached hydrogens (tertiary/aromatic N) is 2. The minimum absolute atomic E-state index is 0.118. The largest absolute Gasteiger partial charge is 0.384 e. The first-order valence-corrected chi connectivity index (χ1v) is 7.07. The summed E-state index contributed by atoms with van der Waals surface area (Å²) in [6, 6.07) is 7.98. The fourth-order valence-electron chi connectivity index (χ4n) is 2.81. The zero-order valence-corrected chi connectivity index (χ0v) is 12.5. The Labute approximate surface area is 123 Å². The van der Waals surface area contributed by atoms with Gasteiger partial charge in [-0.05, 0) is 25.5 Å². The van der Waals surface area contributed by atoms with E-state index in [2.05, 4.69) is 10.5 Å². The molecule has 110 valence electrons. The third kappa shape index (κ3) is 2.39. The van der Waals surface area contributed by atoms with Gasteiger partial charge in [-0.1, -0.05) is 23.4 Å². The van der Waals surface area contributed by atoms with Crippen molar-refractivity contribution in [3.05, 3.63) is 46.8 Å². The molecule has 0 bridgehead atoms. The highest BCUT2D eigenvalue weighted by molar-refractivity contribution is 5.88. The van der Waals surface area contributed by atoms with E-state index in [1.54, 1.807) is 4.90 Å². The SMILES string of the molecule is Cc1noc(C)c1CN(C)C(=O)C1CNc2ccccc21. The normalized spacial score (nSPS) is 16.4. The van der Waals surface area contributed by atoms with Crippen LogP contribution in [0.1, 0.15) is 28.5 Å². The molecule has 0 fully saturated rings. The zero-order chi connectivity index (χ0) is 15.0. The molecule has 0 spiro atoms. The van der Waals surface area contributed by atoms with E-state index in [1.165, 1.54) is 0 Å². The first kappa shape index (κ1) is 13.7. The maximum atomic E-state index is 12.7. The van der Waals surface area contributed by atoms with Crippen LogP contribution < -0.4 is 5.32 Å². The molecule has 0 saturated heterocycles. The molecule has 5 heteroatoms. The number of fused-ring (bicyclic) bond motifs is 1. The van der Waals surface area contributed by atoms with Crippen molar-refractivity contribution in [2.75, 3.05) is 18.9 Å². The molecule has 1 aliphatic rings. The number of carbonyl (C=O) groups is 1. The highest BCUT2D eigenvalue weighted by Gasteiger charge is 2.30. The summed E-state index contributed by atoms with van der Waals surface area (Å²) in [6.45, 7) is 4.96. The van der Waals surface area contributed by atoms with Gasteiger partial charge in [-0.25, -0.2) is 0 Å². The van der Waals surface area contributed by atoms with Gasteiger partial charge in [-0.3, -0.25) is 4.79 Å². The topological polar surface area (TPSA) is 58.4 Å². The maximum Gasteiger partial charge on any atom is 0.232 e. The average Bonchev–Trinajstić information content (AvgIpc) is 3.05. The second kappa shape index (κ2) is 5.24. The number of aryl methyl sites for hydroxylation is 2. The molecule has 2 aromatic rings. The fourth-order valence-corrected chi connectivity index (χ4v) is 2.81. The van der Waals surface area contributed by atoms with Gasteiger partial charge in [0.05, 0.1) is 18.2 Å². The lowest BCUT2D eigenvalue weighted by molar-refractivity contribution is -0.131. The van der Waals surface area contributed by atoms with Crippen LogP contribution in [0.25, 0.3) is 0 Å². The van der Waals surface area contributed by atoms with Gasteiger partial charge in [0.2, 0.25) is 5.91 Å². The summed E-state index contributed by atoms with van der Waals surface area (Å²) >= 11 is 0. The number of aromatic nitrogens is 1. The number of likely N-dealkylation sites (N-methyl/N-ethyl adjacent to an activating group) is 1. The monoisotopic (exact) mass is 285 g/mol. The first-order valence-electron chi connectivity index (χ1n) is 7.07. The molecule has 1 aromatic carbocycles. The quantitative estimate of drug-likeness (QED) is 0.941. The molecule has 5 nitrogen and oxygen atoms in total. The Morgan fingerprint density at radius 3 is 2.90 bits per heavy atom. The highest BCUT2D eigenvalue weighted by Crippen LogP contribution is 2.32. The van der Waals surface area contributed by atoms with E-state index in [9.17, 15) is 4.79 Å². The van der Waals surface area contributed by atoms with Crippen molar-refractivity contribution in [2.24, 2.45) is 0 Å². The number of hydrogen-bond donors (Lipinski definition) is 1. The summed E-state index contributed by atoms with van der Waals surface area (Å²) in [5.74, 6) is 0.774. The van der Waals surface area contributed by atoms with E-state index in [0.717, 1.165) is 28.3 Å². The Morgan fingerprint density at radius 1 is 1.43 bits per heavy atom. The second-order valence-corrected chi connectivity index (χ2v) is 5.52. The van der Waals surface area contributed by atoms with E-state index in [-0.39, 0.29) is 11.8 Å². The fraction of sp³-hybridized carbons (Fsp3) is 0.375. The van der Waals surface area contributed by atoms with Crippen LogP contribution in [0.3, 0.4) is 0 Å². The van der Waals surface area contributed by atoms with Crippen molar-refractivity contribution >= 4 is 11.6 Å². The van der Waals surface area contributed by atoms with Gasteiger partial charge in [-0.15, -0.1) is 0 Å². The molecular formula is C16H19N3O2. The zero-order valence-electron chi connectivity index (χ0n) is 12.5. The van der Waals surface area contributed by atoms with Gasteiger partial charge < -0.3 is 14.7 Å². The Bertz CT molecular complexity index is 658. The number of benzene rings is 1. The van der Waals surface area contributed by atoms with Crippen molar-refractivity contribution in [3.63, 3.8) is 0 Å². The van der Waals surface area contributed by atoms with E-state index in [0.29, 0.717) is 13.1 Å². The van der Waals surface area contributed by atoms with Gasteiger partial charge in [-0.2, -0.15) is 0 Å². The Morgan fingerprint density at radius 2 is 2.19 bits per heavy atom. The highest BCUT2D eigenvalue weighted by atomic mass is 16.5. The number of rotatable bonds is 3. The van der Waals surface area contributed by atoms with Crippen LogP contribution in [0.4, 0.5) is 5.69 Å². The lowest BCUT2D eigenvalue weighted by Crippen LogP contribution is -2.32. The smallest absolute Gasteiger partial charge is 0.232 e. The molecule has 1 N–H and O–H groups in total. The summed E-state index contributed by atoms with van der Waals surface area (Å²) in [7, 11) is 1.83. The number of para-hydroxylation sites is 1. The molecule has 1 atom stereocenters. The van der Waals surface area contributed by atoms with Crippen LogP contribution >= 0.6 is 0 Å². The summed E-state index contributed by atoms with van der Waals surface area (Å²) in [6.07, 6.45) is 0. The van der Waals surface area contributed by atoms with E-state index >= 15 is 0 Å². The molecule has 0 aliphatic carbocycles. The predicted octanol–water partition coefficient (Wildman–Crippen LogP) is 2.46. The third-order valence-electron chi connectivity index (χ3n) is 4.08. The van der Waals surface area contributed by atoms with Crippen molar-refractivity contribution in [3.8, 4) is 0 Å². The molecule has 1 unspecified atom stereocenters. The summed E-state index contributed by atoms with van der Waals surface area (Å²) in [4.78, 5) is 14.4. The van der Waals surface area contributed by atoms with Crippen molar-refractivity contribution in [2.45, 2.75) is 26.3 Å². The first-order chi connectivity index (χ1) is 10.1. The van der Waals surface area contributed by atoms with Gasteiger partial charge in [0, 0.05) is 24.8 Å². The van der Waals surface area contributed by atoms with Crippen molar-refractivity contribution < 1.29 is 9.32 Å². The standard InChI is InChI=1S/C16H19N3O2/c1-10-14(11(2)21-18-10)9-19(3)16(20)13-8-17-15-7-5-4-6-12(13)15/h4-7,13,17H,8-9H2,1-3H3.